The molecule has 0 saturated carbocycles. The van der Waals surface area contributed by atoms with Crippen LogP contribution in [0.25, 0.3) is 0 Å². The molecule has 2 atom stereocenters. The van der Waals surface area contributed by atoms with Crippen LogP contribution >= 0.6 is 0 Å². The second kappa shape index (κ2) is 7.82. The molecule has 1 N–H and O–H groups in total. The van der Waals surface area contributed by atoms with Gasteiger partial charge in [-0.2, -0.15) is 0 Å². The van der Waals surface area contributed by atoms with E-state index in [2.05, 4.69) is 6.92 Å². The van der Waals surface area contributed by atoms with E-state index in [1.165, 1.54) is 12.8 Å². The third-order valence-corrected chi connectivity index (χ3v) is 4.70. The third kappa shape index (κ3) is 4.16. The van der Waals surface area contributed by atoms with Gasteiger partial charge in [-0.3, -0.25) is 0 Å². The SMILES string of the molecule is CCC[C@H]1CC[C@](O)(c2ccc(OCc3ccccc3)cc2)OC1. The van der Waals surface area contributed by atoms with Crippen molar-refractivity contribution in [3.8, 4) is 5.75 Å². The molecule has 1 aliphatic rings. The number of hydrogen-bond acceptors (Lipinski definition) is 3. The summed E-state index contributed by atoms with van der Waals surface area (Å²) in [5.74, 6) is 0.219. The van der Waals surface area contributed by atoms with Crippen LogP contribution in [-0.2, 0) is 17.1 Å². The Morgan fingerprint density at radius 2 is 1.88 bits per heavy atom. The summed E-state index contributed by atoms with van der Waals surface area (Å²) in [6.07, 6.45) is 4.00. The molecule has 24 heavy (non-hydrogen) atoms. The fourth-order valence-corrected chi connectivity index (χ4v) is 3.23. The van der Waals surface area contributed by atoms with Gasteiger partial charge in [0.2, 0.25) is 0 Å². The van der Waals surface area contributed by atoms with Crippen molar-refractivity contribution in [2.45, 2.75) is 45.0 Å². The lowest BCUT2D eigenvalue weighted by atomic mass is 9.89. The number of benzene rings is 2. The van der Waals surface area contributed by atoms with Crippen molar-refractivity contribution < 1.29 is 14.6 Å². The summed E-state index contributed by atoms with van der Waals surface area (Å²) in [5.41, 5.74) is 1.95. The first kappa shape index (κ1) is 17.0. The largest absolute Gasteiger partial charge is 0.489 e. The van der Waals surface area contributed by atoms with Gasteiger partial charge < -0.3 is 14.6 Å². The third-order valence-electron chi connectivity index (χ3n) is 4.70. The van der Waals surface area contributed by atoms with Crippen LogP contribution < -0.4 is 4.74 Å². The molecule has 2 aromatic rings. The quantitative estimate of drug-likeness (QED) is 0.840. The molecule has 0 aromatic heterocycles. The first-order chi connectivity index (χ1) is 11.7. The van der Waals surface area contributed by atoms with E-state index in [0.717, 1.165) is 23.3 Å². The zero-order valence-electron chi connectivity index (χ0n) is 14.3. The smallest absolute Gasteiger partial charge is 0.192 e. The van der Waals surface area contributed by atoms with Gasteiger partial charge in [0.25, 0.3) is 0 Å². The van der Waals surface area contributed by atoms with Crippen LogP contribution in [0.4, 0.5) is 0 Å². The zero-order chi connectivity index (χ0) is 16.8. The summed E-state index contributed by atoms with van der Waals surface area (Å²) in [6, 6.07) is 17.7. The molecule has 2 aromatic carbocycles. The van der Waals surface area contributed by atoms with Gasteiger partial charge in [0.1, 0.15) is 12.4 Å². The second-order valence-corrected chi connectivity index (χ2v) is 6.59. The van der Waals surface area contributed by atoms with Crippen LogP contribution in [-0.4, -0.2) is 11.7 Å². The van der Waals surface area contributed by atoms with Gasteiger partial charge in [-0.25, -0.2) is 0 Å². The normalized spacial score (nSPS) is 23.8. The fourth-order valence-electron chi connectivity index (χ4n) is 3.23. The van der Waals surface area contributed by atoms with Crippen molar-refractivity contribution in [3.63, 3.8) is 0 Å². The van der Waals surface area contributed by atoms with E-state index in [4.69, 9.17) is 9.47 Å². The molecule has 1 saturated heterocycles. The highest BCUT2D eigenvalue weighted by Crippen LogP contribution is 2.36. The predicted molar refractivity (Wildman–Crippen MR) is 94.7 cm³/mol. The van der Waals surface area contributed by atoms with Gasteiger partial charge in [-0.05, 0) is 48.6 Å². The zero-order valence-corrected chi connectivity index (χ0v) is 14.3. The Morgan fingerprint density at radius 3 is 2.50 bits per heavy atom. The lowest BCUT2D eigenvalue weighted by Gasteiger charge is -2.36. The standard InChI is InChI=1S/C21H26O3/c1-2-6-17-13-14-21(22,24-16-17)19-9-11-20(12-10-19)23-15-18-7-4-3-5-8-18/h3-5,7-12,17,22H,2,6,13-16H2,1H3/t17-,21+/m0/s1. The minimum absolute atomic E-state index is 0.541. The topological polar surface area (TPSA) is 38.7 Å². The molecule has 3 rings (SSSR count). The fraction of sp³-hybridized carbons (Fsp3) is 0.429. The maximum atomic E-state index is 10.8. The van der Waals surface area contributed by atoms with Gasteiger partial charge in [0, 0.05) is 12.0 Å². The number of hydrogen-bond donors (Lipinski definition) is 1. The molecule has 1 aliphatic heterocycles. The lowest BCUT2D eigenvalue weighted by molar-refractivity contribution is -0.245. The van der Waals surface area contributed by atoms with Crippen molar-refractivity contribution in [1.82, 2.24) is 0 Å². The van der Waals surface area contributed by atoms with Crippen molar-refractivity contribution in [2.24, 2.45) is 5.92 Å². The molecular weight excluding hydrogens is 300 g/mol. The summed E-state index contributed by atoms with van der Waals surface area (Å²) in [4.78, 5) is 0. The van der Waals surface area contributed by atoms with Gasteiger partial charge >= 0.3 is 0 Å². The van der Waals surface area contributed by atoms with E-state index < -0.39 is 5.79 Å². The molecule has 3 heteroatoms. The average molecular weight is 326 g/mol. The Hall–Kier alpha value is -1.84. The van der Waals surface area contributed by atoms with E-state index >= 15 is 0 Å². The molecule has 1 heterocycles. The summed E-state index contributed by atoms with van der Waals surface area (Å²) in [7, 11) is 0. The van der Waals surface area contributed by atoms with Crippen LogP contribution in [0.2, 0.25) is 0 Å². The van der Waals surface area contributed by atoms with E-state index in [-0.39, 0.29) is 0 Å². The molecule has 0 radical (unpaired) electrons. The van der Waals surface area contributed by atoms with Crippen LogP contribution in [0.1, 0.15) is 43.7 Å². The average Bonchev–Trinajstić information content (AvgIpc) is 2.64. The molecule has 128 valence electrons. The first-order valence-corrected chi connectivity index (χ1v) is 8.83. The van der Waals surface area contributed by atoms with Crippen LogP contribution in [0.15, 0.2) is 54.6 Å². The highest BCUT2D eigenvalue weighted by molar-refractivity contribution is 5.30. The van der Waals surface area contributed by atoms with Crippen molar-refractivity contribution in [2.75, 3.05) is 6.61 Å². The Balaban J connectivity index is 1.58. The minimum atomic E-state index is -1.15. The predicted octanol–water partition coefficient (Wildman–Crippen LogP) is 4.64. The Labute approximate surface area is 144 Å². The van der Waals surface area contributed by atoms with E-state index in [1.807, 2.05) is 54.6 Å². The summed E-state index contributed by atoms with van der Waals surface area (Å²) in [6.45, 7) is 3.37. The Kier molecular flexibility index (Phi) is 5.54. The minimum Gasteiger partial charge on any atom is -0.489 e. The van der Waals surface area contributed by atoms with E-state index in [9.17, 15) is 5.11 Å². The lowest BCUT2D eigenvalue weighted by Crippen LogP contribution is -2.36. The highest BCUT2D eigenvalue weighted by atomic mass is 16.6. The molecule has 0 amide bonds. The van der Waals surface area contributed by atoms with Crippen LogP contribution in [0.3, 0.4) is 0 Å². The van der Waals surface area contributed by atoms with Gasteiger partial charge in [0.05, 0.1) is 6.61 Å². The number of ether oxygens (including phenoxy) is 2. The molecule has 0 aliphatic carbocycles. The van der Waals surface area contributed by atoms with Crippen molar-refractivity contribution in [1.29, 1.82) is 0 Å². The van der Waals surface area contributed by atoms with E-state index in [1.54, 1.807) is 0 Å². The van der Waals surface area contributed by atoms with Crippen molar-refractivity contribution in [3.05, 3.63) is 65.7 Å². The van der Waals surface area contributed by atoms with Gasteiger partial charge in [0.15, 0.2) is 5.79 Å². The summed E-state index contributed by atoms with van der Waals surface area (Å²) < 4.78 is 11.6. The van der Waals surface area contributed by atoms with Crippen LogP contribution in [0, 0.1) is 5.92 Å². The molecular formula is C21H26O3. The Morgan fingerprint density at radius 1 is 1.12 bits per heavy atom. The maximum absolute atomic E-state index is 10.8. The molecule has 1 fully saturated rings. The van der Waals surface area contributed by atoms with Gasteiger partial charge in [-0.1, -0.05) is 43.7 Å². The molecule has 0 spiro atoms. The number of rotatable bonds is 6. The molecule has 0 unspecified atom stereocenters. The van der Waals surface area contributed by atoms with Crippen LogP contribution in [0.5, 0.6) is 5.75 Å². The Bertz CT molecular complexity index is 613. The van der Waals surface area contributed by atoms with E-state index in [0.29, 0.717) is 25.6 Å². The summed E-state index contributed by atoms with van der Waals surface area (Å²) in [5, 5.41) is 10.8. The van der Waals surface area contributed by atoms with Gasteiger partial charge in [-0.15, -0.1) is 0 Å². The second-order valence-electron chi connectivity index (χ2n) is 6.59. The first-order valence-electron chi connectivity index (χ1n) is 8.83. The maximum Gasteiger partial charge on any atom is 0.192 e. The highest BCUT2D eigenvalue weighted by Gasteiger charge is 2.35. The number of aliphatic hydroxyl groups is 1. The van der Waals surface area contributed by atoms with Crippen molar-refractivity contribution >= 4 is 0 Å². The molecule has 3 nitrogen and oxygen atoms in total. The monoisotopic (exact) mass is 326 g/mol. The summed E-state index contributed by atoms with van der Waals surface area (Å²) >= 11 is 0. The molecule has 0 bridgehead atoms.